The van der Waals surface area contributed by atoms with E-state index in [4.69, 9.17) is 0 Å². The number of fused-ring (bicyclic) bond motifs is 1. The van der Waals surface area contributed by atoms with Gasteiger partial charge in [-0.25, -0.2) is 0 Å². The van der Waals surface area contributed by atoms with E-state index < -0.39 is 0 Å². The highest BCUT2D eigenvalue weighted by Gasteiger charge is 2.40. The molecule has 1 nitrogen and oxygen atoms in total. The fourth-order valence-electron chi connectivity index (χ4n) is 3.02. The molecule has 0 aliphatic heterocycles. The molecule has 2 aliphatic carbocycles. The van der Waals surface area contributed by atoms with Crippen LogP contribution in [-0.4, -0.2) is 5.78 Å². The third-order valence-electron chi connectivity index (χ3n) is 4.43. The average Bonchev–Trinajstić information content (AvgIpc) is 2.16. The Morgan fingerprint density at radius 3 is 2.79 bits per heavy atom. The Morgan fingerprint density at radius 1 is 1.36 bits per heavy atom. The van der Waals surface area contributed by atoms with Gasteiger partial charge < -0.3 is 0 Å². The molecule has 0 bridgehead atoms. The highest BCUT2D eigenvalue weighted by molar-refractivity contribution is 5.91. The van der Waals surface area contributed by atoms with Gasteiger partial charge in [0.05, 0.1) is 0 Å². The molecule has 0 heterocycles. The first-order valence-corrected chi connectivity index (χ1v) is 5.78. The molecule has 0 aromatic heterocycles. The van der Waals surface area contributed by atoms with Gasteiger partial charge in [-0.15, -0.1) is 0 Å². The second-order valence-electron chi connectivity index (χ2n) is 5.43. The predicted octanol–water partition coefficient (Wildman–Crippen LogP) is 3.35. The molecule has 2 rings (SSSR count). The normalized spacial score (nSPS) is 43.1. The van der Waals surface area contributed by atoms with E-state index in [0.717, 1.165) is 18.8 Å². The quantitative estimate of drug-likeness (QED) is 0.575. The molecule has 0 saturated heterocycles. The first kappa shape index (κ1) is 9.95. The van der Waals surface area contributed by atoms with Crippen molar-refractivity contribution >= 4 is 5.78 Å². The second-order valence-corrected chi connectivity index (χ2v) is 5.43. The SMILES string of the molecule is CC1CCC2(C)CCC(=O)C=C2C1C. The van der Waals surface area contributed by atoms with E-state index in [1.807, 2.05) is 6.08 Å². The van der Waals surface area contributed by atoms with Gasteiger partial charge in [0, 0.05) is 6.42 Å². The van der Waals surface area contributed by atoms with E-state index in [2.05, 4.69) is 20.8 Å². The summed E-state index contributed by atoms with van der Waals surface area (Å²) < 4.78 is 0. The van der Waals surface area contributed by atoms with Gasteiger partial charge in [-0.2, -0.15) is 0 Å². The van der Waals surface area contributed by atoms with E-state index in [0.29, 0.717) is 17.1 Å². The Labute approximate surface area is 86.6 Å². The van der Waals surface area contributed by atoms with Crippen LogP contribution in [-0.2, 0) is 4.79 Å². The maximum Gasteiger partial charge on any atom is 0.155 e. The molecule has 3 atom stereocenters. The topological polar surface area (TPSA) is 17.1 Å². The van der Waals surface area contributed by atoms with Crippen molar-refractivity contribution in [3.8, 4) is 0 Å². The Morgan fingerprint density at radius 2 is 2.07 bits per heavy atom. The molecular weight excluding hydrogens is 172 g/mol. The maximum absolute atomic E-state index is 11.4. The van der Waals surface area contributed by atoms with Gasteiger partial charge >= 0.3 is 0 Å². The van der Waals surface area contributed by atoms with Crippen molar-refractivity contribution in [2.24, 2.45) is 17.3 Å². The predicted molar refractivity (Wildman–Crippen MR) is 58.0 cm³/mol. The lowest BCUT2D eigenvalue weighted by molar-refractivity contribution is -0.116. The summed E-state index contributed by atoms with van der Waals surface area (Å²) in [6.07, 6.45) is 6.39. The summed E-state index contributed by atoms with van der Waals surface area (Å²) in [6, 6.07) is 0. The van der Waals surface area contributed by atoms with Crippen LogP contribution < -0.4 is 0 Å². The number of carbonyl (C=O) groups is 1. The van der Waals surface area contributed by atoms with Gasteiger partial charge in [0.15, 0.2) is 5.78 Å². The summed E-state index contributed by atoms with van der Waals surface area (Å²) in [6.45, 7) is 6.93. The van der Waals surface area contributed by atoms with Crippen molar-refractivity contribution in [3.05, 3.63) is 11.6 Å². The van der Waals surface area contributed by atoms with Crippen LogP contribution in [0.25, 0.3) is 0 Å². The van der Waals surface area contributed by atoms with Crippen LogP contribution in [0.1, 0.15) is 46.5 Å². The standard InChI is InChI=1S/C13H20O/c1-9-4-6-13(3)7-5-11(14)8-12(13)10(9)2/h8-10H,4-7H2,1-3H3. The molecule has 0 amide bonds. The van der Waals surface area contributed by atoms with E-state index in [-0.39, 0.29) is 0 Å². The number of carbonyl (C=O) groups excluding carboxylic acids is 1. The molecule has 78 valence electrons. The lowest BCUT2D eigenvalue weighted by Gasteiger charge is -2.45. The van der Waals surface area contributed by atoms with Gasteiger partial charge in [-0.3, -0.25) is 4.79 Å². The van der Waals surface area contributed by atoms with Crippen molar-refractivity contribution in [2.75, 3.05) is 0 Å². The highest BCUT2D eigenvalue weighted by atomic mass is 16.1. The van der Waals surface area contributed by atoms with Crippen molar-refractivity contribution in [2.45, 2.75) is 46.5 Å². The summed E-state index contributed by atoms with van der Waals surface area (Å²) in [5.41, 5.74) is 1.78. The molecule has 3 unspecified atom stereocenters. The van der Waals surface area contributed by atoms with Crippen LogP contribution in [0.5, 0.6) is 0 Å². The van der Waals surface area contributed by atoms with Gasteiger partial charge in [0.25, 0.3) is 0 Å². The van der Waals surface area contributed by atoms with Crippen LogP contribution in [0.15, 0.2) is 11.6 Å². The summed E-state index contributed by atoms with van der Waals surface area (Å²) in [7, 11) is 0. The maximum atomic E-state index is 11.4. The molecule has 0 N–H and O–H groups in total. The zero-order valence-corrected chi connectivity index (χ0v) is 9.47. The van der Waals surface area contributed by atoms with Gasteiger partial charge in [0.2, 0.25) is 0 Å². The van der Waals surface area contributed by atoms with E-state index in [1.54, 1.807) is 0 Å². The first-order chi connectivity index (χ1) is 6.53. The molecular formula is C13H20O. The van der Waals surface area contributed by atoms with Gasteiger partial charge in [-0.1, -0.05) is 26.3 Å². The zero-order chi connectivity index (χ0) is 10.3. The number of allylic oxidation sites excluding steroid dienone is 2. The molecule has 2 aliphatic rings. The average molecular weight is 192 g/mol. The van der Waals surface area contributed by atoms with Crippen molar-refractivity contribution < 1.29 is 4.79 Å². The number of hydrogen-bond donors (Lipinski definition) is 0. The van der Waals surface area contributed by atoms with Crippen LogP contribution in [0.4, 0.5) is 0 Å². The molecule has 1 heteroatoms. The Bertz CT molecular complexity index is 290. The minimum Gasteiger partial charge on any atom is -0.295 e. The zero-order valence-electron chi connectivity index (χ0n) is 9.47. The second kappa shape index (κ2) is 3.22. The summed E-state index contributed by atoms with van der Waals surface area (Å²) >= 11 is 0. The fraction of sp³-hybridized carbons (Fsp3) is 0.769. The Kier molecular flexibility index (Phi) is 2.29. The number of rotatable bonds is 0. The summed E-state index contributed by atoms with van der Waals surface area (Å²) in [4.78, 5) is 11.4. The number of ketones is 1. The molecule has 0 radical (unpaired) electrons. The van der Waals surface area contributed by atoms with E-state index >= 15 is 0 Å². The fourth-order valence-corrected chi connectivity index (χ4v) is 3.02. The number of hydrogen-bond acceptors (Lipinski definition) is 1. The molecule has 0 spiro atoms. The van der Waals surface area contributed by atoms with Crippen LogP contribution >= 0.6 is 0 Å². The molecule has 0 aromatic carbocycles. The van der Waals surface area contributed by atoms with Crippen LogP contribution in [0.2, 0.25) is 0 Å². The third kappa shape index (κ3) is 1.43. The van der Waals surface area contributed by atoms with Crippen molar-refractivity contribution in [1.29, 1.82) is 0 Å². The van der Waals surface area contributed by atoms with E-state index in [1.165, 1.54) is 18.4 Å². The smallest absolute Gasteiger partial charge is 0.155 e. The van der Waals surface area contributed by atoms with Crippen molar-refractivity contribution in [1.82, 2.24) is 0 Å². The lowest BCUT2D eigenvalue weighted by atomic mass is 9.60. The molecule has 1 saturated carbocycles. The Balaban J connectivity index is 2.35. The summed E-state index contributed by atoms with van der Waals surface area (Å²) in [5, 5.41) is 0. The largest absolute Gasteiger partial charge is 0.295 e. The minimum atomic E-state index is 0.346. The van der Waals surface area contributed by atoms with Crippen LogP contribution in [0.3, 0.4) is 0 Å². The van der Waals surface area contributed by atoms with Crippen molar-refractivity contribution in [3.63, 3.8) is 0 Å². The third-order valence-corrected chi connectivity index (χ3v) is 4.43. The minimum absolute atomic E-state index is 0.346. The lowest BCUT2D eigenvalue weighted by Crippen LogP contribution is -2.35. The van der Waals surface area contributed by atoms with E-state index in [9.17, 15) is 4.79 Å². The monoisotopic (exact) mass is 192 g/mol. The molecule has 1 fully saturated rings. The van der Waals surface area contributed by atoms with Crippen LogP contribution in [0, 0.1) is 17.3 Å². The molecule has 0 aromatic rings. The first-order valence-electron chi connectivity index (χ1n) is 5.78. The summed E-state index contributed by atoms with van der Waals surface area (Å²) in [5.74, 6) is 1.71. The highest BCUT2D eigenvalue weighted by Crippen LogP contribution is 2.50. The van der Waals surface area contributed by atoms with Gasteiger partial charge in [-0.05, 0) is 42.6 Å². The van der Waals surface area contributed by atoms with Gasteiger partial charge in [0.1, 0.15) is 0 Å². The Hall–Kier alpha value is -0.590. The molecule has 14 heavy (non-hydrogen) atoms.